The zero-order chi connectivity index (χ0) is 27.5. The second kappa shape index (κ2) is 14.4. The summed E-state index contributed by atoms with van der Waals surface area (Å²) >= 11 is 0. The molecule has 0 bridgehead atoms. The van der Waals surface area contributed by atoms with Gasteiger partial charge < -0.3 is 24.2 Å². The summed E-state index contributed by atoms with van der Waals surface area (Å²) in [5.74, 6) is 0.792. The lowest BCUT2D eigenvalue weighted by Crippen LogP contribution is -2.24. The molecule has 1 aliphatic rings. The first kappa shape index (κ1) is 28.2. The van der Waals surface area contributed by atoms with Crippen LogP contribution in [0.25, 0.3) is 17.2 Å². The smallest absolute Gasteiger partial charge is 0.331 e. The van der Waals surface area contributed by atoms with Gasteiger partial charge in [0.15, 0.2) is 0 Å². The number of rotatable bonds is 14. The quantitative estimate of drug-likeness (QED) is 0.223. The standard InChI is InChI=1S/C33H39NO5/c1-3-5-18-37-19-20-39-30-12-9-26(10-13-30)27-11-14-32-29(22-27)23-28(33(35)36)15-16-34(32)24-25-7-6-8-31(21-25)38-17-4-2/h6-14,21-23H,3-5,15-20,24H2,1-2H3,(H,35,36). The van der Waals surface area contributed by atoms with Crippen molar-refractivity contribution in [2.45, 2.75) is 46.1 Å². The molecular weight excluding hydrogens is 490 g/mol. The van der Waals surface area contributed by atoms with Crippen LogP contribution < -0.4 is 14.4 Å². The normalized spacial score (nSPS) is 12.9. The lowest BCUT2D eigenvalue weighted by atomic mass is 10.00. The Balaban J connectivity index is 1.51. The lowest BCUT2D eigenvalue weighted by molar-refractivity contribution is -0.132. The van der Waals surface area contributed by atoms with E-state index >= 15 is 0 Å². The van der Waals surface area contributed by atoms with Crippen LogP contribution >= 0.6 is 0 Å². The van der Waals surface area contributed by atoms with E-state index in [1.54, 1.807) is 0 Å². The predicted octanol–water partition coefficient (Wildman–Crippen LogP) is 7.22. The van der Waals surface area contributed by atoms with Gasteiger partial charge in [-0.2, -0.15) is 0 Å². The number of carbonyl (C=O) groups is 1. The van der Waals surface area contributed by atoms with Crippen molar-refractivity contribution in [1.29, 1.82) is 0 Å². The molecule has 6 nitrogen and oxygen atoms in total. The van der Waals surface area contributed by atoms with Crippen LogP contribution in [0.1, 0.15) is 50.7 Å². The van der Waals surface area contributed by atoms with E-state index in [9.17, 15) is 9.90 Å². The van der Waals surface area contributed by atoms with Crippen LogP contribution in [-0.2, 0) is 16.1 Å². The van der Waals surface area contributed by atoms with E-state index in [0.717, 1.165) is 65.3 Å². The highest BCUT2D eigenvalue weighted by molar-refractivity contribution is 5.94. The molecule has 39 heavy (non-hydrogen) atoms. The number of carboxylic acids is 1. The van der Waals surface area contributed by atoms with E-state index in [-0.39, 0.29) is 0 Å². The molecule has 1 N–H and O–H groups in total. The largest absolute Gasteiger partial charge is 0.494 e. The van der Waals surface area contributed by atoms with E-state index < -0.39 is 5.97 Å². The highest BCUT2D eigenvalue weighted by atomic mass is 16.5. The van der Waals surface area contributed by atoms with Gasteiger partial charge in [-0.25, -0.2) is 4.79 Å². The van der Waals surface area contributed by atoms with Crippen molar-refractivity contribution >= 4 is 17.7 Å². The maximum Gasteiger partial charge on any atom is 0.331 e. The summed E-state index contributed by atoms with van der Waals surface area (Å²) in [7, 11) is 0. The molecule has 206 valence electrons. The van der Waals surface area contributed by atoms with E-state index in [4.69, 9.17) is 14.2 Å². The number of unbranched alkanes of at least 4 members (excludes halogenated alkanes) is 1. The number of aliphatic carboxylic acids is 1. The molecule has 0 amide bonds. The number of carboxylic acid groups (broad SMARTS) is 1. The minimum absolute atomic E-state index is 0.417. The zero-order valence-corrected chi connectivity index (χ0v) is 23.0. The van der Waals surface area contributed by atoms with Crippen molar-refractivity contribution in [3.8, 4) is 22.6 Å². The van der Waals surface area contributed by atoms with Gasteiger partial charge in [0, 0.05) is 31.0 Å². The van der Waals surface area contributed by atoms with Gasteiger partial charge in [0.1, 0.15) is 18.1 Å². The minimum Gasteiger partial charge on any atom is -0.494 e. The molecule has 4 rings (SSSR count). The third kappa shape index (κ3) is 8.11. The number of hydrogen-bond donors (Lipinski definition) is 1. The van der Waals surface area contributed by atoms with E-state index in [2.05, 4.69) is 49.1 Å². The number of fused-ring (bicyclic) bond motifs is 1. The van der Waals surface area contributed by atoms with Crippen LogP contribution in [0.5, 0.6) is 11.5 Å². The van der Waals surface area contributed by atoms with Crippen molar-refractivity contribution in [1.82, 2.24) is 0 Å². The molecule has 6 heteroatoms. The average molecular weight is 530 g/mol. The lowest BCUT2D eigenvalue weighted by Gasteiger charge is -2.26. The molecule has 0 aromatic heterocycles. The number of ether oxygens (including phenoxy) is 3. The summed E-state index contributed by atoms with van der Waals surface area (Å²) in [6, 6.07) is 22.4. The van der Waals surface area contributed by atoms with Crippen molar-refractivity contribution < 1.29 is 24.1 Å². The highest BCUT2D eigenvalue weighted by Gasteiger charge is 2.20. The Kier molecular flexibility index (Phi) is 10.4. The maximum absolute atomic E-state index is 12.0. The molecule has 0 unspecified atom stereocenters. The first-order valence-electron chi connectivity index (χ1n) is 13.9. The predicted molar refractivity (Wildman–Crippen MR) is 157 cm³/mol. The second-order valence-electron chi connectivity index (χ2n) is 9.75. The fourth-order valence-corrected chi connectivity index (χ4v) is 4.59. The van der Waals surface area contributed by atoms with Crippen LogP contribution in [-0.4, -0.2) is 44.0 Å². The van der Waals surface area contributed by atoms with Crippen LogP contribution in [0, 0.1) is 0 Å². The number of hydrogen-bond acceptors (Lipinski definition) is 5. The van der Waals surface area contributed by atoms with Crippen molar-refractivity contribution in [2.75, 3.05) is 37.9 Å². The summed E-state index contributed by atoms with van der Waals surface area (Å²) in [6.45, 7) is 8.09. The molecule has 0 radical (unpaired) electrons. The summed E-state index contributed by atoms with van der Waals surface area (Å²) < 4.78 is 17.2. The Bertz CT molecular complexity index is 1250. The molecule has 1 aliphatic heterocycles. The molecular formula is C33H39NO5. The molecule has 0 spiro atoms. The molecule has 1 heterocycles. The summed E-state index contributed by atoms with van der Waals surface area (Å²) in [6.07, 6.45) is 5.44. The molecule has 0 aliphatic carbocycles. The molecule has 3 aromatic carbocycles. The minimum atomic E-state index is -0.872. The Morgan fingerprint density at radius 3 is 2.41 bits per heavy atom. The van der Waals surface area contributed by atoms with Crippen molar-refractivity contribution in [3.63, 3.8) is 0 Å². The zero-order valence-electron chi connectivity index (χ0n) is 23.0. The number of nitrogens with zero attached hydrogens (tertiary/aromatic N) is 1. The Morgan fingerprint density at radius 2 is 1.64 bits per heavy atom. The van der Waals surface area contributed by atoms with Gasteiger partial charge in [-0.15, -0.1) is 0 Å². The maximum atomic E-state index is 12.0. The van der Waals surface area contributed by atoms with Crippen LogP contribution in [0.4, 0.5) is 5.69 Å². The van der Waals surface area contributed by atoms with Crippen molar-refractivity contribution in [3.05, 3.63) is 83.4 Å². The number of benzene rings is 3. The Labute approximate surface area is 231 Å². The molecule has 0 saturated heterocycles. The van der Waals surface area contributed by atoms with E-state index in [0.29, 0.717) is 44.9 Å². The topological polar surface area (TPSA) is 68.2 Å². The summed E-state index contributed by atoms with van der Waals surface area (Å²) in [4.78, 5) is 14.2. The van der Waals surface area contributed by atoms with Gasteiger partial charge in [-0.3, -0.25) is 0 Å². The van der Waals surface area contributed by atoms with E-state index in [1.165, 1.54) is 0 Å². The van der Waals surface area contributed by atoms with E-state index in [1.807, 2.05) is 42.5 Å². The highest BCUT2D eigenvalue weighted by Crippen LogP contribution is 2.34. The molecule has 0 fully saturated rings. The van der Waals surface area contributed by atoms with Gasteiger partial charge in [-0.05, 0) is 84.0 Å². The van der Waals surface area contributed by atoms with Crippen LogP contribution in [0.2, 0.25) is 0 Å². The summed E-state index contributed by atoms with van der Waals surface area (Å²) in [5.41, 5.74) is 5.56. The third-order valence-corrected chi connectivity index (χ3v) is 6.69. The van der Waals surface area contributed by atoms with Gasteiger partial charge in [0.25, 0.3) is 0 Å². The second-order valence-corrected chi connectivity index (χ2v) is 9.75. The monoisotopic (exact) mass is 529 g/mol. The van der Waals surface area contributed by atoms with Crippen molar-refractivity contribution in [2.24, 2.45) is 0 Å². The first-order chi connectivity index (χ1) is 19.1. The molecule has 0 atom stereocenters. The molecule has 3 aromatic rings. The third-order valence-electron chi connectivity index (χ3n) is 6.69. The van der Waals surface area contributed by atoms with Gasteiger partial charge in [0.2, 0.25) is 0 Å². The first-order valence-corrected chi connectivity index (χ1v) is 13.9. The fraction of sp³-hybridized carbons (Fsp3) is 0.364. The van der Waals surface area contributed by atoms with Gasteiger partial charge in [0.05, 0.1) is 13.2 Å². The fourth-order valence-electron chi connectivity index (χ4n) is 4.59. The van der Waals surface area contributed by atoms with Gasteiger partial charge >= 0.3 is 5.97 Å². The van der Waals surface area contributed by atoms with Gasteiger partial charge in [-0.1, -0.05) is 50.6 Å². The Morgan fingerprint density at radius 1 is 0.846 bits per heavy atom. The van der Waals surface area contributed by atoms with Crippen LogP contribution in [0.3, 0.4) is 0 Å². The number of anilines is 1. The Hall–Kier alpha value is -3.77. The summed E-state index contributed by atoms with van der Waals surface area (Å²) in [5, 5.41) is 9.81. The molecule has 0 saturated carbocycles. The SMILES string of the molecule is CCCCOCCOc1ccc(-c2ccc3c(c2)C=C(C(=O)O)CCN3Cc2cccc(OCCC)c2)cc1. The average Bonchev–Trinajstić information content (AvgIpc) is 3.13. The van der Waals surface area contributed by atoms with Crippen LogP contribution in [0.15, 0.2) is 72.3 Å².